The van der Waals surface area contributed by atoms with Crippen molar-refractivity contribution >= 4 is 11.7 Å². The molecule has 0 radical (unpaired) electrons. The molecule has 8 nitrogen and oxygen atoms in total. The van der Waals surface area contributed by atoms with E-state index in [1.807, 2.05) is 9.80 Å². The lowest BCUT2D eigenvalue weighted by Crippen LogP contribution is -2.54. The minimum Gasteiger partial charge on any atom is -0.388 e. The van der Waals surface area contributed by atoms with E-state index in [0.717, 1.165) is 0 Å². The largest absolute Gasteiger partial charge is 0.388 e. The number of nitrogens with two attached hydrogens (primary N) is 2. The first-order chi connectivity index (χ1) is 8.40. The van der Waals surface area contributed by atoms with Crippen molar-refractivity contribution in [1.29, 1.82) is 10.8 Å². The molecule has 1 heterocycles. The standard InChI is InChI=1S/C10H22N6O2/c11-7(12)5-9(17)15-1-2-16(4-3-15)10(18)6-8(13)14/h9-10,17-18H,1-6H2,(H3,11,12)(H3,13,14). The Bertz CT molecular complexity index is 273. The minimum atomic E-state index is -0.741. The smallest absolute Gasteiger partial charge is 0.114 e. The van der Waals surface area contributed by atoms with Crippen molar-refractivity contribution in [2.75, 3.05) is 26.2 Å². The number of aliphatic hydroxyl groups is 2. The molecule has 1 rings (SSSR count). The van der Waals surface area contributed by atoms with E-state index < -0.39 is 12.5 Å². The fourth-order valence-electron chi connectivity index (χ4n) is 1.99. The highest BCUT2D eigenvalue weighted by atomic mass is 16.3. The number of nitrogens with one attached hydrogen (secondary N) is 2. The first-order valence-electron chi connectivity index (χ1n) is 5.90. The molecule has 18 heavy (non-hydrogen) atoms. The van der Waals surface area contributed by atoms with Gasteiger partial charge in [0.2, 0.25) is 0 Å². The highest BCUT2D eigenvalue weighted by molar-refractivity contribution is 5.77. The molecule has 1 saturated heterocycles. The van der Waals surface area contributed by atoms with Crippen molar-refractivity contribution in [3.63, 3.8) is 0 Å². The predicted molar refractivity (Wildman–Crippen MR) is 68.2 cm³/mol. The Labute approximate surface area is 106 Å². The zero-order chi connectivity index (χ0) is 13.7. The van der Waals surface area contributed by atoms with E-state index in [1.165, 1.54) is 0 Å². The molecule has 0 aromatic carbocycles. The topological polar surface area (TPSA) is 147 Å². The van der Waals surface area contributed by atoms with Gasteiger partial charge < -0.3 is 21.7 Å². The predicted octanol–water partition coefficient (Wildman–Crippen LogP) is -2.11. The summed E-state index contributed by atoms with van der Waals surface area (Å²) in [5.41, 5.74) is 10.5. The average Bonchev–Trinajstić information content (AvgIpc) is 2.27. The molecular weight excluding hydrogens is 236 g/mol. The van der Waals surface area contributed by atoms with E-state index in [4.69, 9.17) is 22.3 Å². The molecule has 1 fully saturated rings. The molecule has 0 bridgehead atoms. The quantitative estimate of drug-likeness (QED) is 0.237. The molecular formula is C10H22N6O2. The summed E-state index contributed by atoms with van der Waals surface area (Å²) in [6.45, 7) is 2.35. The second-order valence-corrected chi connectivity index (χ2v) is 4.49. The molecule has 0 saturated carbocycles. The third-order valence-electron chi connectivity index (χ3n) is 3.00. The molecule has 0 amide bonds. The van der Waals surface area contributed by atoms with Crippen LogP contribution in [0.25, 0.3) is 0 Å². The van der Waals surface area contributed by atoms with E-state index in [0.29, 0.717) is 26.2 Å². The SMILES string of the molecule is N=C(N)CC(O)N1CCN(C(O)CC(=N)N)CC1. The molecule has 0 aromatic rings. The summed E-state index contributed by atoms with van der Waals surface area (Å²) < 4.78 is 0. The van der Waals surface area contributed by atoms with Crippen LogP contribution in [0.4, 0.5) is 0 Å². The van der Waals surface area contributed by atoms with E-state index in [2.05, 4.69) is 0 Å². The van der Waals surface area contributed by atoms with Crippen molar-refractivity contribution < 1.29 is 10.2 Å². The van der Waals surface area contributed by atoms with Crippen LogP contribution in [0.2, 0.25) is 0 Å². The van der Waals surface area contributed by atoms with Gasteiger partial charge in [0.1, 0.15) is 12.5 Å². The Balaban J connectivity index is 2.36. The summed E-state index contributed by atoms with van der Waals surface area (Å²) >= 11 is 0. The van der Waals surface area contributed by atoms with Crippen LogP contribution in [-0.4, -0.2) is 70.3 Å². The van der Waals surface area contributed by atoms with Gasteiger partial charge in [-0.05, 0) is 0 Å². The Morgan fingerprint density at radius 3 is 1.39 bits per heavy atom. The number of hydrogen-bond donors (Lipinski definition) is 6. The molecule has 104 valence electrons. The van der Waals surface area contributed by atoms with Crippen LogP contribution in [-0.2, 0) is 0 Å². The van der Waals surface area contributed by atoms with Crippen LogP contribution in [0.1, 0.15) is 12.8 Å². The summed E-state index contributed by atoms with van der Waals surface area (Å²) in [4.78, 5) is 3.64. The monoisotopic (exact) mass is 258 g/mol. The number of piperazine rings is 1. The number of amidine groups is 2. The van der Waals surface area contributed by atoms with Gasteiger partial charge in [0.25, 0.3) is 0 Å². The first kappa shape index (κ1) is 14.8. The van der Waals surface area contributed by atoms with E-state index >= 15 is 0 Å². The fourth-order valence-corrected chi connectivity index (χ4v) is 1.99. The van der Waals surface area contributed by atoms with E-state index in [1.54, 1.807) is 0 Å². The summed E-state index contributed by atoms with van der Waals surface area (Å²) in [5, 5.41) is 33.8. The van der Waals surface area contributed by atoms with Crippen LogP contribution in [0.15, 0.2) is 0 Å². The lowest BCUT2D eigenvalue weighted by atomic mass is 10.2. The Morgan fingerprint density at radius 1 is 0.889 bits per heavy atom. The van der Waals surface area contributed by atoms with Gasteiger partial charge in [-0.2, -0.15) is 0 Å². The molecule has 0 aliphatic carbocycles. The second kappa shape index (κ2) is 6.64. The molecule has 0 spiro atoms. The molecule has 8 N–H and O–H groups in total. The minimum absolute atomic E-state index is 0.0402. The molecule has 1 aliphatic heterocycles. The fraction of sp³-hybridized carbons (Fsp3) is 0.800. The van der Waals surface area contributed by atoms with Crippen LogP contribution in [0.3, 0.4) is 0 Å². The van der Waals surface area contributed by atoms with Crippen LogP contribution >= 0.6 is 0 Å². The average molecular weight is 258 g/mol. The molecule has 8 heteroatoms. The summed E-state index contributed by atoms with van der Waals surface area (Å²) in [6.07, 6.45) is -1.21. The lowest BCUT2D eigenvalue weighted by molar-refractivity contribution is -0.0641. The Kier molecular flexibility index (Phi) is 5.48. The van der Waals surface area contributed by atoms with Crippen LogP contribution in [0.5, 0.6) is 0 Å². The van der Waals surface area contributed by atoms with E-state index in [-0.39, 0.29) is 24.5 Å². The highest BCUT2D eigenvalue weighted by Crippen LogP contribution is 2.10. The lowest BCUT2D eigenvalue weighted by Gasteiger charge is -2.39. The van der Waals surface area contributed by atoms with Gasteiger partial charge in [-0.25, -0.2) is 0 Å². The normalized spacial score (nSPS) is 21.4. The maximum absolute atomic E-state index is 9.78. The maximum Gasteiger partial charge on any atom is 0.114 e. The molecule has 0 aromatic heterocycles. The molecule has 2 unspecified atom stereocenters. The van der Waals surface area contributed by atoms with Gasteiger partial charge in [-0.15, -0.1) is 0 Å². The third kappa shape index (κ3) is 4.57. The molecule has 1 aliphatic rings. The Morgan fingerprint density at radius 2 is 1.17 bits per heavy atom. The van der Waals surface area contributed by atoms with Gasteiger partial charge in [-0.3, -0.25) is 20.6 Å². The van der Waals surface area contributed by atoms with Crippen molar-refractivity contribution in [1.82, 2.24) is 9.80 Å². The molecule has 2 atom stereocenters. The number of nitrogens with zero attached hydrogens (tertiary/aromatic N) is 2. The zero-order valence-corrected chi connectivity index (χ0v) is 10.3. The summed E-state index contributed by atoms with van der Waals surface area (Å²) in [5.74, 6) is -0.0805. The third-order valence-corrected chi connectivity index (χ3v) is 3.00. The van der Waals surface area contributed by atoms with Gasteiger partial charge >= 0.3 is 0 Å². The van der Waals surface area contributed by atoms with Crippen molar-refractivity contribution in [2.45, 2.75) is 25.3 Å². The van der Waals surface area contributed by atoms with Gasteiger partial charge in [0, 0.05) is 39.0 Å². The Hall–Kier alpha value is -1.22. The van der Waals surface area contributed by atoms with E-state index in [9.17, 15) is 10.2 Å². The highest BCUT2D eigenvalue weighted by Gasteiger charge is 2.26. The first-order valence-corrected chi connectivity index (χ1v) is 5.90. The summed E-state index contributed by atoms with van der Waals surface area (Å²) in [6, 6.07) is 0. The maximum atomic E-state index is 9.78. The van der Waals surface area contributed by atoms with Crippen molar-refractivity contribution in [3.8, 4) is 0 Å². The van der Waals surface area contributed by atoms with Gasteiger partial charge in [-0.1, -0.05) is 0 Å². The van der Waals surface area contributed by atoms with Crippen molar-refractivity contribution in [2.24, 2.45) is 11.5 Å². The number of hydrogen-bond acceptors (Lipinski definition) is 6. The van der Waals surface area contributed by atoms with Gasteiger partial charge in [0.15, 0.2) is 0 Å². The number of aliphatic hydroxyl groups excluding tert-OH is 2. The van der Waals surface area contributed by atoms with Gasteiger partial charge in [0.05, 0.1) is 11.7 Å². The zero-order valence-electron chi connectivity index (χ0n) is 10.3. The second-order valence-electron chi connectivity index (χ2n) is 4.49. The van der Waals surface area contributed by atoms with Crippen molar-refractivity contribution in [3.05, 3.63) is 0 Å². The van der Waals surface area contributed by atoms with Crippen LogP contribution < -0.4 is 11.5 Å². The van der Waals surface area contributed by atoms with Crippen LogP contribution in [0, 0.1) is 10.8 Å². The number of rotatable bonds is 6. The summed E-state index contributed by atoms with van der Waals surface area (Å²) in [7, 11) is 0.